The van der Waals surface area contributed by atoms with Crippen LogP contribution in [0.1, 0.15) is 30.1 Å². The van der Waals surface area contributed by atoms with Crippen molar-refractivity contribution < 1.29 is 4.79 Å². The molecule has 2 aromatic rings. The molecule has 1 aromatic carbocycles. The van der Waals surface area contributed by atoms with Crippen LogP contribution in [0.25, 0.3) is 0 Å². The first-order valence-corrected chi connectivity index (χ1v) is 6.85. The second kappa shape index (κ2) is 7.28. The summed E-state index contributed by atoms with van der Waals surface area (Å²) >= 11 is 0. The van der Waals surface area contributed by atoms with Crippen LogP contribution in [0.4, 0.5) is 11.4 Å². The van der Waals surface area contributed by atoms with Gasteiger partial charge in [-0.3, -0.25) is 9.78 Å². The normalized spacial score (nSPS) is 10.1. The molecule has 1 amide bonds. The smallest absolute Gasteiger partial charge is 0.257 e. The maximum atomic E-state index is 11.9. The van der Waals surface area contributed by atoms with Crippen LogP contribution in [0.15, 0.2) is 48.8 Å². The maximum absolute atomic E-state index is 11.9. The molecule has 0 saturated heterocycles. The van der Waals surface area contributed by atoms with Crippen LogP contribution in [0.5, 0.6) is 0 Å². The zero-order valence-electron chi connectivity index (χ0n) is 11.6. The molecule has 0 aliphatic heterocycles. The third kappa shape index (κ3) is 4.09. The molecule has 0 spiro atoms. The number of nitrogens with one attached hydrogen (secondary N) is 2. The summed E-state index contributed by atoms with van der Waals surface area (Å²) in [7, 11) is 0. The number of benzene rings is 1. The van der Waals surface area contributed by atoms with Crippen molar-refractivity contribution in [2.24, 2.45) is 0 Å². The molecule has 0 bridgehead atoms. The van der Waals surface area contributed by atoms with Gasteiger partial charge in [-0.05, 0) is 42.8 Å². The minimum Gasteiger partial charge on any atom is -0.385 e. The van der Waals surface area contributed by atoms with E-state index < -0.39 is 0 Å². The number of rotatable bonds is 6. The highest BCUT2D eigenvalue weighted by atomic mass is 16.1. The van der Waals surface area contributed by atoms with Gasteiger partial charge in [0.1, 0.15) is 0 Å². The molecule has 4 heteroatoms. The zero-order chi connectivity index (χ0) is 14.2. The van der Waals surface area contributed by atoms with Gasteiger partial charge in [0.05, 0.1) is 5.56 Å². The van der Waals surface area contributed by atoms with Crippen molar-refractivity contribution in [2.75, 3.05) is 17.2 Å². The minimum absolute atomic E-state index is 0.148. The Balaban J connectivity index is 1.92. The minimum atomic E-state index is -0.148. The SMILES string of the molecule is CCCCNc1ccc(NC(=O)c2cccnc2)cc1. The van der Waals surface area contributed by atoms with E-state index in [1.165, 1.54) is 6.42 Å². The monoisotopic (exact) mass is 269 g/mol. The number of unbranched alkanes of at least 4 members (excludes halogenated alkanes) is 1. The molecule has 104 valence electrons. The quantitative estimate of drug-likeness (QED) is 0.789. The average molecular weight is 269 g/mol. The lowest BCUT2D eigenvalue weighted by Gasteiger charge is -2.08. The summed E-state index contributed by atoms with van der Waals surface area (Å²) in [5.41, 5.74) is 2.40. The molecule has 0 unspecified atom stereocenters. The molecule has 0 aliphatic carbocycles. The Morgan fingerprint density at radius 1 is 1.15 bits per heavy atom. The number of anilines is 2. The van der Waals surface area contributed by atoms with Crippen molar-refractivity contribution in [2.45, 2.75) is 19.8 Å². The number of aromatic nitrogens is 1. The molecule has 0 saturated carbocycles. The van der Waals surface area contributed by atoms with Crippen LogP contribution >= 0.6 is 0 Å². The lowest BCUT2D eigenvalue weighted by Crippen LogP contribution is -2.12. The highest BCUT2D eigenvalue weighted by molar-refractivity contribution is 6.04. The van der Waals surface area contributed by atoms with Crippen LogP contribution in [0.3, 0.4) is 0 Å². The molecule has 1 aromatic heterocycles. The Bertz CT molecular complexity index is 537. The Hall–Kier alpha value is -2.36. The molecule has 0 fully saturated rings. The number of amides is 1. The fourth-order valence-corrected chi connectivity index (χ4v) is 1.78. The fraction of sp³-hybridized carbons (Fsp3) is 0.250. The maximum Gasteiger partial charge on any atom is 0.257 e. The van der Waals surface area contributed by atoms with E-state index in [1.807, 2.05) is 24.3 Å². The molecule has 4 nitrogen and oxygen atoms in total. The summed E-state index contributed by atoms with van der Waals surface area (Å²) < 4.78 is 0. The highest BCUT2D eigenvalue weighted by Gasteiger charge is 2.05. The first-order valence-electron chi connectivity index (χ1n) is 6.85. The van der Waals surface area contributed by atoms with E-state index in [0.717, 1.165) is 24.3 Å². The lowest BCUT2D eigenvalue weighted by atomic mass is 10.2. The number of hydrogen-bond acceptors (Lipinski definition) is 3. The number of pyridine rings is 1. The van der Waals surface area contributed by atoms with Gasteiger partial charge in [0.15, 0.2) is 0 Å². The van der Waals surface area contributed by atoms with E-state index in [4.69, 9.17) is 0 Å². The Morgan fingerprint density at radius 2 is 1.90 bits per heavy atom. The van der Waals surface area contributed by atoms with Crippen LogP contribution in [0, 0.1) is 0 Å². The third-order valence-corrected chi connectivity index (χ3v) is 2.93. The van der Waals surface area contributed by atoms with Crippen molar-refractivity contribution in [3.8, 4) is 0 Å². The largest absolute Gasteiger partial charge is 0.385 e. The second-order valence-electron chi connectivity index (χ2n) is 4.55. The van der Waals surface area contributed by atoms with Crippen LogP contribution in [-0.2, 0) is 0 Å². The molecule has 0 aliphatic rings. The van der Waals surface area contributed by atoms with Gasteiger partial charge < -0.3 is 10.6 Å². The van der Waals surface area contributed by atoms with Crippen LogP contribution < -0.4 is 10.6 Å². The molecule has 2 rings (SSSR count). The Kier molecular flexibility index (Phi) is 5.12. The highest BCUT2D eigenvalue weighted by Crippen LogP contribution is 2.14. The molecule has 2 N–H and O–H groups in total. The average Bonchev–Trinajstić information content (AvgIpc) is 2.50. The van der Waals surface area contributed by atoms with Crippen molar-refractivity contribution in [3.05, 3.63) is 54.4 Å². The van der Waals surface area contributed by atoms with Gasteiger partial charge in [0.25, 0.3) is 5.91 Å². The van der Waals surface area contributed by atoms with E-state index in [0.29, 0.717) is 5.56 Å². The zero-order valence-corrected chi connectivity index (χ0v) is 11.6. The number of carbonyl (C=O) groups excluding carboxylic acids is 1. The van der Waals surface area contributed by atoms with Gasteiger partial charge in [-0.25, -0.2) is 0 Å². The van der Waals surface area contributed by atoms with Crippen molar-refractivity contribution in [3.63, 3.8) is 0 Å². The van der Waals surface area contributed by atoms with Gasteiger partial charge in [-0.1, -0.05) is 13.3 Å². The first-order chi connectivity index (χ1) is 9.79. The van der Waals surface area contributed by atoms with Crippen molar-refractivity contribution >= 4 is 17.3 Å². The first kappa shape index (κ1) is 14.1. The summed E-state index contributed by atoms with van der Waals surface area (Å²) in [6.45, 7) is 3.14. The third-order valence-electron chi connectivity index (χ3n) is 2.93. The molecule has 20 heavy (non-hydrogen) atoms. The van der Waals surface area contributed by atoms with Gasteiger partial charge in [-0.15, -0.1) is 0 Å². The van der Waals surface area contributed by atoms with Gasteiger partial charge in [0, 0.05) is 30.3 Å². The van der Waals surface area contributed by atoms with Gasteiger partial charge in [0.2, 0.25) is 0 Å². The van der Waals surface area contributed by atoms with E-state index >= 15 is 0 Å². The standard InChI is InChI=1S/C16H19N3O/c1-2-3-11-18-14-6-8-15(9-7-14)19-16(20)13-5-4-10-17-12-13/h4-10,12,18H,2-3,11H2,1H3,(H,19,20). The summed E-state index contributed by atoms with van der Waals surface area (Å²) in [5.74, 6) is -0.148. The molecular formula is C16H19N3O. The van der Waals surface area contributed by atoms with E-state index in [-0.39, 0.29) is 5.91 Å². The van der Waals surface area contributed by atoms with Crippen molar-refractivity contribution in [1.29, 1.82) is 0 Å². The van der Waals surface area contributed by atoms with E-state index in [1.54, 1.807) is 24.5 Å². The van der Waals surface area contributed by atoms with Crippen molar-refractivity contribution in [1.82, 2.24) is 4.98 Å². The van der Waals surface area contributed by atoms with Gasteiger partial charge >= 0.3 is 0 Å². The molecule has 0 radical (unpaired) electrons. The van der Waals surface area contributed by atoms with E-state index in [9.17, 15) is 4.79 Å². The summed E-state index contributed by atoms with van der Waals surface area (Å²) in [6.07, 6.45) is 5.52. The van der Waals surface area contributed by atoms with Gasteiger partial charge in [-0.2, -0.15) is 0 Å². The Labute approximate surface area is 119 Å². The number of nitrogens with zero attached hydrogens (tertiary/aromatic N) is 1. The summed E-state index contributed by atoms with van der Waals surface area (Å²) in [4.78, 5) is 15.9. The summed E-state index contributed by atoms with van der Waals surface area (Å²) in [5, 5.41) is 6.18. The summed E-state index contributed by atoms with van der Waals surface area (Å²) in [6, 6.07) is 11.2. The molecular weight excluding hydrogens is 250 g/mol. The number of hydrogen-bond donors (Lipinski definition) is 2. The predicted molar refractivity (Wildman–Crippen MR) is 82.0 cm³/mol. The van der Waals surface area contributed by atoms with E-state index in [2.05, 4.69) is 22.5 Å². The molecule has 0 atom stereocenters. The van der Waals surface area contributed by atoms with Crippen LogP contribution in [0.2, 0.25) is 0 Å². The predicted octanol–water partition coefficient (Wildman–Crippen LogP) is 3.55. The molecule has 1 heterocycles. The fourth-order valence-electron chi connectivity index (χ4n) is 1.78. The topological polar surface area (TPSA) is 54.0 Å². The Morgan fingerprint density at radius 3 is 2.55 bits per heavy atom. The van der Waals surface area contributed by atoms with Crippen LogP contribution in [-0.4, -0.2) is 17.4 Å². The second-order valence-corrected chi connectivity index (χ2v) is 4.55. The lowest BCUT2D eigenvalue weighted by molar-refractivity contribution is 0.102. The number of carbonyl (C=O) groups is 1.